The number of benzene rings is 1. The van der Waals surface area contributed by atoms with Gasteiger partial charge in [-0.25, -0.2) is 0 Å². The van der Waals surface area contributed by atoms with Gasteiger partial charge in [-0.15, -0.1) is 17.8 Å². The third kappa shape index (κ3) is 4.17. The predicted molar refractivity (Wildman–Crippen MR) is 63.1 cm³/mol. The summed E-state index contributed by atoms with van der Waals surface area (Å²) in [5.74, 6) is 1.39. The van der Waals surface area contributed by atoms with Crippen molar-refractivity contribution in [3.8, 4) is 18.1 Å². The third-order valence-corrected chi connectivity index (χ3v) is 2.69. The van der Waals surface area contributed by atoms with Gasteiger partial charge in [-0.2, -0.15) is 8.42 Å². The van der Waals surface area contributed by atoms with Crippen molar-refractivity contribution in [3.05, 3.63) is 23.3 Å². The maximum Gasteiger partial charge on any atom is 0.510 e. The van der Waals surface area contributed by atoms with E-state index < -0.39 is 34.3 Å². The van der Waals surface area contributed by atoms with Crippen LogP contribution in [0.5, 0.6) is 5.75 Å². The van der Waals surface area contributed by atoms with Gasteiger partial charge in [-0.05, 0) is 24.1 Å². The maximum atomic E-state index is 12.8. The Bertz CT molecular complexity index is 631. The Morgan fingerprint density at radius 1 is 1.37 bits per heavy atom. The Balaban J connectivity index is 3.46. The molecule has 0 aliphatic rings. The second-order valence-corrected chi connectivity index (χ2v) is 4.69. The van der Waals surface area contributed by atoms with Gasteiger partial charge in [0.15, 0.2) is 0 Å². The van der Waals surface area contributed by atoms with E-state index in [0.29, 0.717) is 0 Å². The maximum absolute atomic E-state index is 12.8. The molecule has 0 aliphatic heterocycles. The first-order valence-corrected chi connectivity index (χ1v) is 6.26. The molecule has 1 aromatic rings. The summed E-state index contributed by atoms with van der Waals surface area (Å²) in [6, 6.07) is 1.77. The van der Waals surface area contributed by atoms with E-state index in [-0.39, 0.29) is 12.0 Å². The lowest BCUT2D eigenvalue weighted by atomic mass is 9.76. The van der Waals surface area contributed by atoms with E-state index in [1.165, 1.54) is 0 Å². The molecule has 0 bridgehead atoms. The Hall–Kier alpha value is -1.69. The molecular formula is C10H8BF4O3S-. The molecule has 0 spiro atoms. The van der Waals surface area contributed by atoms with E-state index in [4.69, 9.17) is 6.42 Å². The summed E-state index contributed by atoms with van der Waals surface area (Å²) in [5.41, 5.74) is -1.55. The van der Waals surface area contributed by atoms with Crippen LogP contribution >= 0.6 is 0 Å². The van der Waals surface area contributed by atoms with Crippen LogP contribution in [0.2, 0.25) is 0 Å². The first kappa shape index (κ1) is 15.4. The lowest BCUT2D eigenvalue weighted by molar-refractivity contribution is 0.437. The molecule has 104 valence electrons. The van der Waals surface area contributed by atoms with E-state index in [9.17, 15) is 25.3 Å². The Morgan fingerprint density at radius 3 is 2.37 bits per heavy atom. The Morgan fingerprint density at radius 2 is 1.95 bits per heavy atom. The van der Waals surface area contributed by atoms with Crippen LogP contribution in [0.1, 0.15) is 11.1 Å². The number of hydrogen-bond acceptors (Lipinski definition) is 3. The van der Waals surface area contributed by atoms with Gasteiger partial charge < -0.3 is 17.1 Å². The van der Waals surface area contributed by atoms with E-state index >= 15 is 0 Å². The first-order chi connectivity index (χ1) is 8.54. The molecule has 19 heavy (non-hydrogen) atoms. The second kappa shape index (κ2) is 5.13. The van der Waals surface area contributed by atoms with Crippen molar-refractivity contribution < 1.29 is 29.4 Å². The lowest BCUT2D eigenvalue weighted by Gasteiger charge is -2.20. The predicted octanol–water partition coefficient (Wildman–Crippen LogP) is 1.82. The van der Waals surface area contributed by atoms with Crippen molar-refractivity contribution >= 4 is 22.9 Å². The number of terminal acetylenes is 1. The van der Waals surface area contributed by atoms with E-state index in [2.05, 4.69) is 10.1 Å². The van der Waals surface area contributed by atoms with Crippen LogP contribution in [0.25, 0.3) is 0 Å². The highest BCUT2D eigenvalue weighted by molar-refractivity contribution is 7.81. The molecule has 1 rings (SSSR count). The zero-order valence-electron chi connectivity index (χ0n) is 9.66. The van der Waals surface area contributed by atoms with Gasteiger partial charge in [0.25, 0.3) is 0 Å². The molecule has 0 heterocycles. The topological polar surface area (TPSA) is 43.4 Å². The van der Waals surface area contributed by atoms with Crippen molar-refractivity contribution in [2.75, 3.05) is 0 Å². The van der Waals surface area contributed by atoms with Crippen LogP contribution in [0.3, 0.4) is 0 Å². The van der Waals surface area contributed by atoms with Crippen LogP contribution in [-0.2, 0) is 16.9 Å². The van der Waals surface area contributed by atoms with Crippen molar-refractivity contribution in [3.63, 3.8) is 0 Å². The standard InChI is InChI=1S/C10H8BF4O3S/c1-3-4-8-5-9(11(12,13)14)7(2)10(6-8)18-19(15,16)17/h1,5-6H,4H2,2H3/q-1. The summed E-state index contributed by atoms with van der Waals surface area (Å²) in [5, 5.41) is 0. The highest BCUT2D eigenvalue weighted by Crippen LogP contribution is 2.24. The quantitative estimate of drug-likeness (QED) is 0.368. The molecule has 0 radical (unpaired) electrons. The largest absolute Gasteiger partial charge is 0.510 e. The zero-order chi connectivity index (χ0) is 14.8. The summed E-state index contributed by atoms with van der Waals surface area (Å²) in [6.07, 6.45) is 4.81. The lowest BCUT2D eigenvalue weighted by Crippen LogP contribution is -2.36. The van der Waals surface area contributed by atoms with Crippen LogP contribution in [0.15, 0.2) is 12.1 Å². The minimum absolute atomic E-state index is 0.0148. The average Bonchev–Trinajstić information content (AvgIpc) is 2.19. The monoisotopic (exact) mass is 295 g/mol. The molecule has 0 unspecified atom stereocenters. The fourth-order valence-corrected chi connectivity index (χ4v) is 1.91. The fourth-order valence-electron chi connectivity index (χ4n) is 1.52. The van der Waals surface area contributed by atoms with Gasteiger partial charge in [0, 0.05) is 6.42 Å². The summed E-state index contributed by atoms with van der Waals surface area (Å²) >= 11 is 0. The normalized spacial score (nSPS) is 12.0. The fraction of sp³-hybridized carbons (Fsp3) is 0.200. The zero-order valence-corrected chi connectivity index (χ0v) is 10.5. The summed E-state index contributed by atoms with van der Waals surface area (Å²) < 4.78 is 75.5. The minimum atomic E-state index is -5.41. The summed E-state index contributed by atoms with van der Waals surface area (Å²) in [7, 11) is -5.41. The molecule has 0 fully saturated rings. The smallest absolute Gasteiger partial charge is 0.445 e. The van der Waals surface area contributed by atoms with Gasteiger partial charge in [0.05, 0.1) is 0 Å². The van der Waals surface area contributed by atoms with Gasteiger partial charge in [-0.3, -0.25) is 0 Å². The number of rotatable bonds is 4. The molecule has 0 aromatic heterocycles. The molecule has 0 aliphatic carbocycles. The molecule has 0 atom stereocenters. The van der Waals surface area contributed by atoms with Crippen LogP contribution in [-0.4, -0.2) is 15.4 Å². The Kier molecular flexibility index (Phi) is 4.15. The molecule has 0 N–H and O–H groups in total. The van der Waals surface area contributed by atoms with Gasteiger partial charge >= 0.3 is 17.5 Å². The summed E-state index contributed by atoms with van der Waals surface area (Å²) in [4.78, 5) is 0. The molecule has 0 saturated carbocycles. The first-order valence-electron chi connectivity index (χ1n) is 4.95. The van der Waals surface area contributed by atoms with Crippen LogP contribution < -0.4 is 9.65 Å². The highest BCUT2D eigenvalue weighted by atomic mass is 32.3. The highest BCUT2D eigenvalue weighted by Gasteiger charge is 2.30. The van der Waals surface area contributed by atoms with Crippen molar-refractivity contribution in [2.24, 2.45) is 0 Å². The van der Waals surface area contributed by atoms with Crippen LogP contribution in [0.4, 0.5) is 16.8 Å². The Labute approximate surface area is 108 Å². The summed E-state index contributed by atoms with van der Waals surface area (Å²) in [6.45, 7) is -4.41. The molecular weight excluding hydrogens is 287 g/mol. The second-order valence-electron chi connectivity index (χ2n) is 3.74. The minimum Gasteiger partial charge on any atom is -0.445 e. The van der Waals surface area contributed by atoms with Crippen molar-refractivity contribution in [2.45, 2.75) is 13.3 Å². The molecule has 3 nitrogen and oxygen atoms in total. The van der Waals surface area contributed by atoms with Crippen molar-refractivity contribution in [1.29, 1.82) is 0 Å². The molecule has 1 aromatic carbocycles. The van der Waals surface area contributed by atoms with Crippen molar-refractivity contribution in [1.82, 2.24) is 0 Å². The van der Waals surface area contributed by atoms with E-state index in [0.717, 1.165) is 19.1 Å². The van der Waals surface area contributed by atoms with E-state index in [1.807, 2.05) is 0 Å². The average molecular weight is 295 g/mol. The van der Waals surface area contributed by atoms with E-state index in [1.54, 1.807) is 0 Å². The molecule has 0 saturated heterocycles. The van der Waals surface area contributed by atoms with Gasteiger partial charge in [0.2, 0.25) is 0 Å². The molecule has 0 amide bonds. The molecule has 9 heteroatoms. The SMILES string of the molecule is C#CCc1cc(OS(=O)(=O)F)c(C)c([B-](F)(F)F)c1. The number of halogens is 4. The van der Waals surface area contributed by atoms with Gasteiger partial charge in [0.1, 0.15) is 5.75 Å². The number of hydrogen-bond donors (Lipinski definition) is 0. The third-order valence-electron chi connectivity index (χ3n) is 2.31. The van der Waals surface area contributed by atoms with Gasteiger partial charge in [-0.1, -0.05) is 9.95 Å². The van der Waals surface area contributed by atoms with Crippen LogP contribution in [0, 0.1) is 19.3 Å².